The molecule has 0 saturated heterocycles. The van der Waals surface area contributed by atoms with Crippen LogP contribution in [0.2, 0.25) is 0 Å². The van der Waals surface area contributed by atoms with E-state index in [4.69, 9.17) is 15.5 Å². The Labute approximate surface area is 192 Å². The summed E-state index contributed by atoms with van der Waals surface area (Å²) >= 11 is 1.47. The summed E-state index contributed by atoms with van der Waals surface area (Å²) < 4.78 is 5.17. The van der Waals surface area contributed by atoms with Gasteiger partial charge in [-0.1, -0.05) is 74.5 Å². The summed E-state index contributed by atoms with van der Waals surface area (Å²) in [6.07, 6.45) is 0.175. The molecule has 168 valence electrons. The maximum absolute atomic E-state index is 13.1. The zero-order valence-corrected chi connectivity index (χ0v) is 19.7. The van der Waals surface area contributed by atoms with Crippen molar-refractivity contribution >= 4 is 28.5 Å². The Balaban J connectivity index is 1.84. The lowest BCUT2D eigenvalue weighted by Gasteiger charge is -2.32. The van der Waals surface area contributed by atoms with Crippen LogP contribution in [-0.4, -0.2) is 22.6 Å². The molecule has 0 saturated carbocycles. The molecule has 6 nitrogen and oxygen atoms in total. The molecule has 3 rings (SSSR count). The van der Waals surface area contributed by atoms with E-state index in [1.54, 1.807) is 13.8 Å². The minimum Gasteiger partial charge on any atom is -0.444 e. The van der Waals surface area contributed by atoms with Gasteiger partial charge in [-0.05, 0) is 19.4 Å². The average molecular weight is 452 g/mol. The summed E-state index contributed by atoms with van der Waals surface area (Å²) in [5.41, 5.74) is 6.53. The van der Waals surface area contributed by atoms with Gasteiger partial charge >= 0.3 is 6.09 Å². The summed E-state index contributed by atoms with van der Waals surface area (Å²) in [5, 5.41) is 3.51. The number of nitrogens with two attached hydrogens (primary N) is 1. The van der Waals surface area contributed by atoms with Crippen LogP contribution >= 0.6 is 11.3 Å². The van der Waals surface area contributed by atoms with Crippen LogP contribution in [0.15, 0.2) is 60.7 Å². The highest BCUT2D eigenvalue weighted by Crippen LogP contribution is 2.35. The first kappa shape index (κ1) is 23.5. The zero-order chi connectivity index (χ0) is 23.4. The number of hydrogen-bond acceptors (Lipinski definition) is 5. The van der Waals surface area contributed by atoms with E-state index >= 15 is 0 Å². The highest BCUT2D eigenvalue weighted by Gasteiger charge is 2.37. The Morgan fingerprint density at radius 2 is 1.59 bits per heavy atom. The molecule has 3 N–H and O–H groups in total. The van der Waals surface area contributed by atoms with E-state index in [1.807, 2.05) is 62.4 Å². The van der Waals surface area contributed by atoms with Gasteiger partial charge in [-0.25, -0.2) is 9.78 Å². The number of nitrogens with zero attached hydrogens (tertiary/aromatic N) is 1. The summed E-state index contributed by atoms with van der Waals surface area (Å²) in [6, 6.07) is 20.1. The molecule has 1 heterocycles. The van der Waals surface area contributed by atoms with E-state index in [0.717, 1.165) is 22.6 Å². The van der Waals surface area contributed by atoms with Crippen LogP contribution in [0.5, 0.6) is 0 Å². The van der Waals surface area contributed by atoms with Crippen LogP contribution in [0.3, 0.4) is 0 Å². The molecule has 0 aliphatic heterocycles. The van der Waals surface area contributed by atoms with Crippen molar-refractivity contribution in [3.63, 3.8) is 0 Å². The lowest BCUT2D eigenvalue weighted by molar-refractivity contribution is -0.127. The Bertz CT molecular complexity index is 1080. The average Bonchev–Trinajstić information content (AvgIpc) is 3.09. The number of benzene rings is 2. The van der Waals surface area contributed by atoms with E-state index in [0.29, 0.717) is 11.6 Å². The van der Waals surface area contributed by atoms with Crippen molar-refractivity contribution in [1.82, 2.24) is 4.98 Å². The third-order valence-corrected chi connectivity index (χ3v) is 6.00. The lowest BCUT2D eigenvalue weighted by Crippen LogP contribution is -2.41. The molecule has 0 bridgehead atoms. The third kappa shape index (κ3) is 6.17. The number of thiazole rings is 1. The number of rotatable bonds is 8. The predicted octanol–water partition coefficient (Wildman–Crippen LogP) is 5.63. The topological polar surface area (TPSA) is 94.3 Å². The molecule has 7 heteroatoms. The molecular formula is C25H29N3O3S. The van der Waals surface area contributed by atoms with Crippen molar-refractivity contribution in [2.45, 2.75) is 46.1 Å². The Kier molecular flexibility index (Phi) is 6.99. The lowest BCUT2D eigenvalue weighted by atomic mass is 9.81. The Morgan fingerprint density at radius 1 is 1.00 bits per heavy atom. The van der Waals surface area contributed by atoms with E-state index < -0.39 is 17.1 Å². The summed E-state index contributed by atoms with van der Waals surface area (Å²) in [4.78, 5) is 30.1. The first-order chi connectivity index (χ1) is 15.1. The van der Waals surface area contributed by atoms with Gasteiger partial charge in [0.15, 0.2) is 5.13 Å². The first-order valence-corrected chi connectivity index (χ1v) is 11.3. The second kappa shape index (κ2) is 9.53. The molecule has 32 heavy (non-hydrogen) atoms. The number of anilines is 1. The minimum absolute atomic E-state index is 0.196. The van der Waals surface area contributed by atoms with Gasteiger partial charge in [0.05, 0.1) is 5.69 Å². The van der Waals surface area contributed by atoms with Crippen LogP contribution in [0.25, 0.3) is 11.3 Å². The largest absolute Gasteiger partial charge is 0.444 e. The smallest absolute Gasteiger partial charge is 0.405 e. The number of aromatic nitrogens is 1. The molecule has 0 fully saturated rings. The van der Waals surface area contributed by atoms with Crippen molar-refractivity contribution in [2.75, 3.05) is 5.32 Å². The van der Waals surface area contributed by atoms with Gasteiger partial charge in [0.2, 0.25) is 5.91 Å². The second-order valence-corrected chi connectivity index (χ2v) is 10.1. The molecule has 3 aromatic rings. The van der Waals surface area contributed by atoms with Crippen molar-refractivity contribution in [2.24, 2.45) is 11.1 Å². The van der Waals surface area contributed by atoms with Crippen LogP contribution < -0.4 is 11.1 Å². The van der Waals surface area contributed by atoms with E-state index in [-0.39, 0.29) is 5.91 Å². The van der Waals surface area contributed by atoms with Crippen LogP contribution in [0.4, 0.5) is 9.93 Å². The fraction of sp³-hybridized carbons (Fsp3) is 0.320. The van der Waals surface area contributed by atoms with Gasteiger partial charge in [-0.2, -0.15) is 0 Å². The predicted molar refractivity (Wildman–Crippen MR) is 129 cm³/mol. The van der Waals surface area contributed by atoms with Gasteiger partial charge in [-0.15, -0.1) is 11.3 Å². The van der Waals surface area contributed by atoms with Crippen molar-refractivity contribution in [1.29, 1.82) is 0 Å². The van der Waals surface area contributed by atoms with E-state index in [1.165, 1.54) is 16.9 Å². The van der Waals surface area contributed by atoms with E-state index in [9.17, 15) is 9.59 Å². The summed E-state index contributed by atoms with van der Waals surface area (Å²) in [7, 11) is 0. The molecule has 0 aliphatic carbocycles. The molecule has 0 radical (unpaired) electrons. The van der Waals surface area contributed by atoms with Gasteiger partial charge < -0.3 is 15.8 Å². The van der Waals surface area contributed by atoms with Gasteiger partial charge in [0.1, 0.15) is 5.60 Å². The summed E-state index contributed by atoms with van der Waals surface area (Å²) in [5.74, 6) is -0.196. The van der Waals surface area contributed by atoms with Crippen molar-refractivity contribution in [3.05, 3.63) is 71.1 Å². The molecular weight excluding hydrogens is 422 g/mol. The highest BCUT2D eigenvalue weighted by atomic mass is 32.1. The third-order valence-electron chi connectivity index (χ3n) is 5.03. The van der Waals surface area contributed by atoms with Gasteiger partial charge in [0.25, 0.3) is 0 Å². The number of carbonyl (C=O) groups is 2. The second-order valence-electron chi connectivity index (χ2n) is 9.01. The number of primary amides is 1. The molecule has 2 amide bonds. The zero-order valence-electron chi connectivity index (χ0n) is 18.8. The number of ether oxygens (including phenoxy) is 1. The fourth-order valence-electron chi connectivity index (χ4n) is 3.85. The fourth-order valence-corrected chi connectivity index (χ4v) is 4.86. The Morgan fingerprint density at radius 3 is 2.19 bits per heavy atom. The normalized spacial score (nSPS) is 11.8. The van der Waals surface area contributed by atoms with Gasteiger partial charge in [0, 0.05) is 28.7 Å². The molecule has 1 aromatic heterocycles. The van der Waals surface area contributed by atoms with Crippen LogP contribution in [0, 0.1) is 5.41 Å². The molecule has 0 spiro atoms. The highest BCUT2D eigenvalue weighted by molar-refractivity contribution is 7.16. The van der Waals surface area contributed by atoms with Crippen LogP contribution in [-0.2, 0) is 16.0 Å². The number of nitrogens with one attached hydrogen (secondary N) is 1. The molecule has 0 aliphatic rings. The molecule has 2 aromatic carbocycles. The van der Waals surface area contributed by atoms with E-state index in [2.05, 4.69) is 17.4 Å². The molecule has 0 unspecified atom stereocenters. The maximum Gasteiger partial charge on any atom is 0.405 e. The minimum atomic E-state index is -0.872. The standard InChI is InChI=1S/C25H29N3O3S/c1-24(2,16-25(3,4)31-22(26)30)21(29)28-23-27-20(18-13-9-6-10-14-18)19(32-23)15-17-11-7-5-8-12-17/h5-14H,15-16H2,1-4H3,(H2,26,30)(H,27,28,29). The van der Waals surface area contributed by atoms with Gasteiger partial charge in [-0.3, -0.25) is 4.79 Å². The van der Waals surface area contributed by atoms with Crippen molar-refractivity contribution in [3.8, 4) is 11.3 Å². The molecule has 0 atom stereocenters. The van der Waals surface area contributed by atoms with Crippen LogP contribution in [0.1, 0.15) is 44.6 Å². The quantitative estimate of drug-likeness (QED) is 0.464. The first-order valence-electron chi connectivity index (χ1n) is 10.4. The summed E-state index contributed by atoms with van der Waals surface area (Å²) in [6.45, 7) is 7.10. The number of amides is 2. The van der Waals surface area contributed by atoms with Crippen molar-refractivity contribution < 1.29 is 14.3 Å². The number of hydrogen-bond donors (Lipinski definition) is 2. The maximum atomic E-state index is 13.1. The number of carbonyl (C=O) groups excluding carboxylic acids is 2. The SMILES string of the molecule is CC(C)(CC(C)(C)C(=O)Nc1nc(-c2ccccc2)c(Cc2ccccc2)s1)OC(N)=O. The monoisotopic (exact) mass is 451 g/mol. The Hall–Kier alpha value is -3.19.